The molecule has 0 aromatic carbocycles. The maximum absolute atomic E-state index is 11.7. The van der Waals surface area contributed by atoms with Crippen molar-refractivity contribution >= 4 is 17.4 Å². The van der Waals surface area contributed by atoms with Gasteiger partial charge in [0.1, 0.15) is 5.01 Å². The van der Waals surface area contributed by atoms with Gasteiger partial charge in [-0.15, -0.1) is 11.3 Å². The predicted molar refractivity (Wildman–Crippen MR) is 82.3 cm³/mol. The number of carbonyl (C=O) groups is 1. The lowest BCUT2D eigenvalue weighted by molar-refractivity contribution is 0.0938. The lowest BCUT2D eigenvalue weighted by Crippen LogP contribution is -2.46. The van der Waals surface area contributed by atoms with Crippen molar-refractivity contribution < 1.29 is 9.53 Å². The van der Waals surface area contributed by atoms with Crippen LogP contribution >= 0.6 is 11.3 Å². The van der Waals surface area contributed by atoms with Crippen LogP contribution in [0.3, 0.4) is 0 Å². The molecule has 1 N–H and O–H groups in total. The van der Waals surface area contributed by atoms with E-state index >= 15 is 0 Å². The summed E-state index contributed by atoms with van der Waals surface area (Å²) in [6, 6.07) is 0.884. The van der Waals surface area contributed by atoms with Gasteiger partial charge in [-0.1, -0.05) is 0 Å². The summed E-state index contributed by atoms with van der Waals surface area (Å²) in [5, 5.41) is 7.05. The Morgan fingerprint density at radius 3 is 2.81 bits per heavy atom. The molecule has 5 nitrogen and oxygen atoms in total. The standard InChI is InChI=1S/C15H23N3O2S/c1-2-20-15(19)18-8-5-12(6-9-18)17-13(11-3-4-11)14-16-7-10-21-14/h7,10-13,17H,2-6,8-9H2,1H3/t13-/m1/s1. The first kappa shape index (κ1) is 14.8. The van der Waals surface area contributed by atoms with E-state index < -0.39 is 0 Å². The minimum Gasteiger partial charge on any atom is -0.450 e. The molecular weight excluding hydrogens is 286 g/mol. The number of aromatic nitrogens is 1. The Bertz CT molecular complexity index is 453. The van der Waals surface area contributed by atoms with Crippen LogP contribution in [-0.4, -0.2) is 41.7 Å². The molecule has 2 fully saturated rings. The monoisotopic (exact) mass is 309 g/mol. The SMILES string of the molecule is CCOC(=O)N1CCC(N[C@@H](c2nccs2)C2CC2)CC1. The number of nitrogens with one attached hydrogen (secondary N) is 1. The summed E-state index contributed by atoms with van der Waals surface area (Å²) < 4.78 is 5.06. The van der Waals surface area contributed by atoms with Gasteiger partial charge in [-0.05, 0) is 38.5 Å². The van der Waals surface area contributed by atoms with E-state index in [1.165, 1.54) is 17.8 Å². The van der Waals surface area contributed by atoms with Gasteiger partial charge in [0.15, 0.2) is 0 Å². The van der Waals surface area contributed by atoms with Crippen LogP contribution in [0.1, 0.15) is 43.7 Å². The van der Waals surface area contributed by atoms with Crippen LogP contribution in [0.5, 0.6) is 0 Å². The lowest BCUT2D eigenvalue weighted by Gasteiger charge is -2.33. The first-order chi connectivity index (χ1) is 10.3. The van der Waals surface area contributed by atoms with Crippen LogP contribution in [0.4, 0.5) is 4.79 Å². The number of nitrogens with zero attached hydrogens (tertiary/aromatic N) is 2. The lowest BCUT2D eigenvalue weighted by atomic mass is 10.0. The molecule has 116 valence electrons. The molecule has 2 heterocycles. The molecular formula is C15H23N3O2S. The van der Waals surface area contributed by atoms with Crippen molar-refractivity contribution in [2.24, 2.45) is 5.92 Å². The molecule has 1 aliphatic heterocycles. The van der Waals surface area contributed by atoms with E-state index in [9.17, 15) is 4.79 Å². The third-order valence-corrected chi connectivity index (χ3v) is 5.11. The number of likely N-dealkylation sites (tertiary alicyclic amines) is 1. The van der Waals surface area contributed by atoms with Gasteiger partial charge in [0.05, 0.1) is 12.6 Å². The largest absolute Gasteiger partial charge is 0.450 e. The van der Waals surface area contributed by atoms with Gasteiger partial charge in [0.2, 0.25) is 0 Å². The molecule has 1 amide bonds. The highest BCUT2D eigenvalue weighted by atomic mass is 32.1. The smallest absolute Gasteiger partial charge is 0.409 e. The summed E-state index contributed by atoms with van der Waals surface area (Å²) >= 11 is 1.74. The summed E-state index contributed by atoms with van der Waals surface area (Å²) in [4.78, 5) is 18.0. The molecule has 1 aromatic rings. The summed E-state index contributed by atoms with van der Waals surface area (Å²) in [6.07, 6.45) is 6.31. The van der Waals surface area contributed by atoms with E-state index in [0.29, 0.717) is 18.7 Å². The number of amides is 1. The van der Waals surface area contributed by atoms with Crippen LogP contribution < -0.4 is 5.32 Å². The fraction of sp³-hybridized carbons (Fsp3) is 0.733. The summed E-state index contributed by atoms with van der Waals surface area (Å²) in [7, 11) is 0. The van der Waals surface area contributed by atoms with Crippen LogP contribution in [-0.2, 0) is 4.74 Å². The molecule has 3 rings (SSSR count). The topological polar surface area (TPSA) is 54.5 Å². The van der Waals surface area contributed by atoms with Crippen LogP contribution in [0.25, 0.3) is 0 Å². The van der Waals surface area contributed by atoms with Gasteiger partial charge in [-0.25, -0.2) is 9.78 Å². The normalized spacial score (nSPS) is 21.3. The van der Waals surface area contributed by atoms with E-state index in [1.54, 1.807) is 11.3 Å². The number of ether oxygens (including phenoxy) is 1. The zero-order valence-electron chi connectivity index (χ0n) is 12.5. The average Bonchev–Trinajstić information content (AvgIpc) is 3.20. The van der Waals surface area contributed by atoms with E-state index in [0.717, 1.165) is 31.8 Å². The van der Waals surface area contributed by atoms with E-state index in [-0.39, 0.29) is 6.09 Å². The predicted octanol–water partition coefficient (Wildman–Crippen LogP) is 2.80. The van der Waals surface area contributed by atoms with Gasteiger partial charge in [-0.3, -0.25) is 0 Å². The maximum atomic E-state index is 11.7. The molecule has 0 radical (unpaired) electrons. The number of carbonyl (C=O) groups excluding carboxylic acids is 1. The third-order valence-electron chi connectivity index (χ3n) is 4.25. The highest BCUT2D eigenvalue weighted by molar-refractivity contribution is 7.09. The van der Waals surface area contributed by atoms with Crippen LogP contribution in [0, 0.1) is 5.92 Å². The summed E-state index contributed by atoms with van der Waals surface area (Å²) in [6.45, 7) is 3.86. The summed E-state index contributed by atoms with van der Waals surface area (Å²) in [5.41, 5.74) is 0. The van der Waals surface area contributed by atoms with Gasteiger partial charge >= 0.3 is 6.09 Å². The molecule has 0 spiro atoms. The zero-order valence-corrected chi connectivity index (χ0v) is 13.3. The second-order valence-corrected chi connectivity index (χ2v) is 6.74. The maximum Gasteiger partial charge on any atom is 0.409 e. The quantitative estimate of drug-likeness (QED) is 0.908. The minimum atomic E-state index is -0.172. The van der Waals surface area contributed by atoms with E-state index in [1.807, 2.05) is 18.0 Å². The fourth-order valence-electron chi connectivity index (χ4n) is 2.92. The number of piperidine rings is 1. The van der Waals surface area contributed by atoms with Gasteiger partial charge in [0, 0.05) is 30.7 Å². The summed E-state index contributed by atoms with van der Waals surface area (Å²) in [5.74, 6) is 0.749. The van der Waals surface area contributed by atoms with Crippen molar-refractivity contribution in [3.63, 3.8) is 0 Å². The van der Waals surface area contributed by atoms with Crippen LogP contribution in [0.2, 0.25) is 0 Å². The molecule has 0 unspecified atom stereocenters. The molecule has 1 atom stereocenters. The second kappa shape index (κ2) is 6.75. The molecule has 1 saturated heterocycles. The Morgan fingerprint density at radius 2 is 2.24 bits per heavy atom. The highest BCUT2D eigenvalue weighted by Crippen LogP contribution is 2.42. The molecule has 1 saturated carbocycles. The van der Waals surface area contributed by atoms with Crippen molar-refractivity contribution in [3.05, 3.63) is 16.6 Å². The fourth-order valence-corrected chi connectivity index (χ4v) is 3.71. The third kappa shape index (κ3) is 3.74. The van der Waals surface area contributed by atoms with Crippen LogP contribution in [0.15, 0.2) is 11.6 Å². The molecule has 2 aliphatic rings. The van der Waals surface area contributed by atoms with Gasteiger partial charge in [0.25, 0.3) is 0 Å². The Labute approximate surface area is 129 Å². The van der Waals surface area contributed by atoms with Crippen molar-refractivity contribution in [2.45, 2.75) is 44.7 Å². The molecule has 0 bridgehead atoms. The molecule has 21 heavy (non-hydrogen) atoms. The second-order valence-electron chi connectivity index (χ2n) is 5.81. The highest BCUT2D eigenvalue weighted by Gasteiger charge is 2.36. The Kier molecular flexibility index (Phi) is 4.75. The van der Waals surface area contributed by atoms with E-state index in [4.69, 9.17) is 4.74 Å². The first-order valence-electron chi connectivity index (χ1n) is 7.85. The number of hydrogen-bond acceptors (Lipinski definition) is 5. The van der Waals surface area contributed by atoms with Crippen molar-refractivity contribution in [1.82, 2.24) is 15.2 Å². The Hall–Kier alpha value is -1.14. The Balaban J connectivity index is 1.51. The first-order valence-corrected chi connectivity index (χ1v) is 8.73. The average molecular weight is 309 g/mol. The number of thiazole rings is 1. The van der Waals surface area contributed by atoms with Crippen molar-refractivity contribution in [1.29, 1.82) is 0 Å². The molecule has 6 heteroatoms. The van der Waals surface area contributed by atoms with Crippen molar-refractivity contribution in [2.75, 3.05) is 19.7 Å². The van der Waals surface area contributed by atoms with Gasteiger partial charge < -0.3 is 15.0 Å². The minimum absolute atomic E-state index is 0.172. The zero-order chi connectivity index (χ0) is 14.7. The van der Waals surface area contributed by atoms with Gasteiger partial charge in [-0.2, -0.15) is 0 Å². The molecule has 1 aromatic heterocycles. The van der Waals surface area contributed by atoms with Crippen molar-refractivity contribution in [3.8, 4) is 0 Å². The number of rotatable bonds is 5. The van der Waals surface area contributed by atoms with E-state index in [2.05, 4.69) is 15.7 Å². The molecule has 1 aliphatic carbocycles. The number of hydrogen-bond donors (Lipinski definition) is 1. The Morgan fingerprint density at radius 1 is 1.48 bits per heavy atom.